The van der Waals surface area contributed by atoms with E-state index in [4.69, 9.17) is 0 Å². The second kappa shape index (κ2) is 6.38. The van der Waals surface area contributed by atoms with Crippen molar-refractivity contribution >= 4 is 0 Å². The van der Waals surface area contributed by atoms with Gasteiger partial charge in [0.1, 0.15) is 0 Å². The monoisotopic (exact) mass is 343 g/mol. The SMILES string of the molecule is Cc1cc(C)n(-c2ccc(=O)n(CC3CN(C4CCCC4O)C3)n2)n1. The van der Waals surface area contributed by atoms with Crippen LogP contribution in [0.5, 0.6) is 0 Å². The zero-order chi connectivity index (χ0) is 17.6. The summed E-state index contributed by atoms with van der Waals surface area (Å²) in [4.78, 5) is 14.5. The van der Waals surface area contributed by atoms with Crippen LogP contribution in [0.1, 0.15) is 30.7 Å². The van der Waals surface area contributed by atoms with Crippen LogP contribution in [0.25, 0.3) is 5.82 Å². The van der Waals surface area contributed by atoms with E-state index in [0.29, 0.717) is 24.3 Å². The third kappa shape index (κ3) is 3.14. The van der Waals surface area contributed by atoms with Gasteiger partial charge in [-0.25, -0.2) is 9.36 Å². The molecule has 2 aromatic rings. The number of aliphatic hydroxyl groups excluding tert-OH is 1. The number of hydrogen-bond acceptors (Lipinski definition) is 5. The average molecular weight is 343 g/mol. The minimum atomic E-state index is -0.184. The predicted octanol–water partition coefficient (Wildman–Crippen LogP) is 0.891. The topological polar surface area (TPSA) is 76.2 Å². The number of rotatable bonds is 4. The van der Waals surface area contributed by atoms with Gasteiger partial charge >= 0.3 is 0 Å². The summed E-state index contributed by atoms with van der Waals surface area (Å²) in [6.07, 6.45) is 2.92. The molecule has 0 spiro atoms. The maximum atomic E-state index is 12.2. The van der Waals surface area contributed by atoms with Gasteiger partial charge in [0.25, 0.3) is 5.56 Å². The maximum absolute atomic E-state index is 12.2. The van der Waals surface area contributed by atoms with Gasteiger partial charge in [-0.1, -0.05) is 0 Å². The molecule has 0 aromatic carbocycles. The molecule has 7 heteroatoms. The normalized spacial score (nSPS) is 24.6. The number of aryl methyl sites for hydroxylation is 2. The van der Waals surface area contributed by atoms with E-state index < -0.39 is 0 Å². The molecular weight excluding hydrogens is 318 g/mol. The summed E-state index contributed by atoms with van der Waals surface area (Å²) in [5.74, 6) is 1.08. The van der Waals surface area contributed by atoms with Gasteiger partial charge < -0.3 is 5.11 Å². The molecule has 0 bridgehead atoms. The van der Waals surface area contributed by atoms with Crippen LogP contribution in [0, 0.1) is 19.8 Å². The van der Waals surface area contributed by atoms with Crippen LogP contribution in [0.2, 0.25) is 0 Å². The van der Waals surface area contributed by atoms with Gasteiger partial charge in [-0.2, -0.15) is 5.10 Å². The number of nitrogens with zero attached hydrogens (tertiary/aromatic N) is 5. The van der Waals surface area contributed by atoms with E-state index in [0.717, 1.165) is 43.7 Å². The fourth-order valence-electron chi connectivity index (χ4n) is 4.13. The Morgan fingerprint density at radius 3 is 2.64 bits per heavy atom. The molecule has 0 amide bonds. The molecule has 7 nitrogen and oxygen atoms in total. The van der Waals surface area contributed by atoms with Gasteiger partial charge in [0.05, 0.1) is 18.3 Å². The van der Waals surface area contributed by atoms with Crippen molar-refractivity contribution in [2.45, 2.75) is 51.8 Å². The fraction of sp³-hybridized carbons (Fsp3) is 0.611. The number of aromatic nitrogens is 4. The van der Waals surface area contributed by atoms with E-state index in [1.807, 2.05) is 19.9 Å². The molecule has 25 heavy (non-hydrogen) atoms. The Bertz CT molecular complexity index is 821. The van der Waals surface area contributed by atoms with Crippen LogP contribution in [0.3, 0.4) is 0 Å². The van der Waals surface area contributed by atoms with Crippen molar-refractivity contribution in [3.63, 3.8) is 0 Å². The van der Waals surface area contributed by atoms with Crippen LogP contribution in [0.4, 0.5) is 0 Å². The Morgan fingerprint density at radius 2 is 2.00 bits per heavy atom. The highest BCUT2D eigenvalue weighted by molar-refractivity contribution is 5.23. The molecule has 2 fully saturated rings. The second-order valence-corrected chi connectivity index (χ2v) is 7.44. The highest BCUT2D eigenvalue weighted by Gasteiger charge is 2.38. The van der Waals surface area contributed by atoms with E-state index in [9.17, 15) is 9.90 Å². The molecule has 134 valence electrons. The summed E-state index contributed by atoms with van der Waals surface area (Å²) < 4.78 is 3.33. The first-order chi connectivity index (χ1) is 12.0. The number of aliphatic hydroxyl groups is 1. The molecule has 4 rings (SSSR count). The van der Waals surface area contributed by atoms with Crippen molar-refractivity contribution in [1.29, 1.82) is 0 Å². The zero-order valence-corrected chi connectivity index (χ0v) is 14.8. The standard InChI is InChI=1S/C18H25N5O2/c1-12-8-13(2)23(19-12)17-6-7-18(25)22(20-17)11-14-9-21(10-14)15-4-3-5-16(15)24/h6-8,14-16,24H,3-5,9-11H2,1-2H3. The molecule has 0 radical (unpaired) electrons. The lowest BCUT2D eigenvalue weighted by Gasteiger charge is -2.44. The van der Waals surface area contributed by atoms with E-state index in [-0.39, 0.29) is 11.7 Å². The van der Waals surface area contributed by atoms with Gasteiger partial charge in [0.15, 0.2) is 5.82 Å². The Morgan fingerprint density at radius 1 is 1.20 bits per heavy atom. The van der Waals surface area contributed by atoms with Gasteiger partial charge in [0.2, 0.25) is 0 Å². The Balaban J connectivity index is 1.46. The second-order valence-electron chi connectivity index (χ2n) is 7.44. The molecule has 1 aliphatic heterocycles. The summed E-state index contributed by atoms with van der Waals surface area (Å²) in [6.45, 7) is 6.40. The number of hydrogen-bond donors (Lipinski definition) is 1. The highest BCUT2D eigenvalue weighted by atomic mass is 16.3. The molecule has 2 aromatic heterocycles. The Kier molecular flexibility index (Phi) is 4.21. The molecule has 2 aliphatic rings. The van der Waals surface area contributed by atoms with Gasteiger partial charge in [-0.05, 0) is 45.2 Å². The third-order valence-corrected chi connectivity index (χ3v) is 5.41. The molecule has 1 saturated carbocycles. The lowest BCUT2D eigenvalue weighted by atomic mass is 9.96. The van der Waals surface area contributed by atoms with Crippen molar-refractivity contribution in [2.75, 3.05) is 13.1 Å². The van der Waals surface area contributed by atoms with Gasteiger partial charge in [-0.3, -0.25) is 9.69 Å². The third-order valence-electron chi connectivity index (χ3n) is 5.41. The smallest absolute Gasteiger partial charge is 0.266 e. The van der Waals surface area contributed by atoms with Crippen molar-refractivity contribution in [1.82, 2.24) is 24.5 Å². The predicted molar refractivity (Wildman–Crippen MR) is 93.8 cm³/mol. The van der Waals surface area contributed by atoms with Crippen LogP contribution in [-0.4, -0.2) is 54.8 Å². The van der Waals surface area contributed by atoms with Crippen LogP contribution in [0.15, 0.2) is 23.0 Å². The van der Waals surface area contributed by atoms with Crippen molar-refractivity contribution < 1.29 is 5.11 Å². The first kappa shape index (κ1) is 16.5. The van der Waals surface area contributed by atoms with E-state index in [2.05, 4.69) is 15.1 Å². The summed E-state index contributed by atoms with van der Waals surface area (Å²) in [6, 6.07) is 5.59. The van der Waals surface area contributed by atoms with E-state index in [1.165, 1.54) is 0 Å². The Hall–Kier alpha value is -1.99. The van der Waals surface area contributed by atoms with Crippen LogP contribution < -0.4 is 5.56 Å². The summed E-state index contributed by atoms with van der Waals surface area (Å²) in [5.41, 5.74) is 1.85. The zero-order valence-electron chi connectivity index (χ0n) is 14.8. The minimum Gasteiger partial charge on any atom is -0.391 e. The largest absolute Gasteiger partial charge is 0.391 e. The van der Waals surface area contributed by atoms with E-state index in [1.54, 1.807) is 21.5 Å². The lowest BCUT2D eigenvalue weighted by Crippen LogP contribution is -2.56. The summed E-state index contributed by atoms with van der Waals surface area (Å²) in [7, 11) is 0. The molecule has 2 atom stereocenters. The molecule has 1 N–H and O–H groups in total. The lowest BCUT2D eigenvalue weighted by molar-refractivity contribution is -0.00794. The first-order valence-corrected chi connectivity index (χ1v) is 9.05. The maximum Gasteiger partial charge on any atom is 0.266 e. The van der Waals surface area contributed by atoms with Crippen molar-refractivity contribution in [3.8, 4) is 5.82 Å². The van der Waals surface area contributed by atoms with Crippen LogP contribution >= 0.6 is 0 Å². The average Bonchev–Trinajstić information content (AvgIpc) is 3.09. The van der Waals surface area contributed by atoms with Crippen LogP contribution in [-0.2, 0) is 6.54 Å². The molecule has 1 saturated heterocycles. The molecule has 2 unspecified atom stereocenters. The first-order valence-electron chi connectivity index (χ1n) is 9.05. The summed E-state index contributed by atoms with van der Waals surface area (Å²) in [5, 5.41) is 19.0. The highest BCUT2D eigenvalue weighted by Crippen LogP contribution is 2.30. The van der Waals surface area contributed by atoms with Crippen molar-refractivity contribution in [2.24, 2.45) is 5.92 Å². The fourth-order valence-corrected chi connectivity index (χ4v) is 4.13. The molecular formula is C18H25N5O2. The molecule has 1 aliphatic carbocycles. The quantitative estimate of drug-likeness (QED) is 0.892. The minimum absolute atomic E-state index is 0.0790. The molecule has 3 heterocycles. The van der Waals surface area contributed by atoms with Crippen molar-refractivity contribution in [3.05, 3.63) is 39.9 Å². The Labute approximate surface area is 146 Å². The van der Waals surface area contributed by atoms with Gasteiger partial charge in [0, 0.05) is 36.8 Å². The summed E-state index contributed by atoms with van der Waals surface area (Å²) >= 11 is 0. The number of likely N-dealkylation sites (tertiary alicyclic amines) is 1. The van der Waals surface area contributed by atoms with Gasteiger partial charge in [-0.15, -0.1) is 5.10 Å². The van der Waals surface area contributed by atoms with E-state index >= 15 is 0 Å².